The van der Waals surface area contributed by atoms with E-state index in [1.165, 1.54) is 12.1 Å². The van der Waals surface area contributed by atoms with E-state index in [1.807, 2.05) is 16.7 Å². The maximum atomic E-state index is 13.1. The molecular weight excluding hydrogens is 307 g/mol. The summed E-state index contributed by atoms with van der Waals surface area (Å²) in [6.45, 7) is 5.74. The number of rotatable bonds is 2. The zero-order chi connectivity index (χ0) is 15.0. The van der Waals surface area contributed by atoms with Gasteiger partial charge >= 0.3 is 6.18 Å². The molecule has 1 saturated heterocycles. The molecule has 112 valence electrons. The molecule has 1 fully saturated rings. The number of anilines is 1. The lowest BCUT2D eigenvalue weighted by atomic mass is 10.1. The van der Waals surface area contributed by atoms with E-state index in [1.54, 1.807) is 6.07 Å². The van der Waals surface area contributed by atoms with Crippen LogP contribution in [0.15, 0.2) is 18.2 Å². The molecule has 0 aliphatic carbocycles. The summed E-state index contributed by atoms with van der Waals surface area (Å²) < 4.78 is 39.2. The van der Waals surface area contributed by atoms with Crippen LogP contribution in [0.1, 0.15) is 25.0 Å². The summed E-state index contributed by atoms with van der Waals surface area (Å²) in [5, 5.41) is 0. The largest absolute Gasteiger partial charge is 0.416 e. The smallest absolute Gasteiger partial charge is 0.369 e. The van der Waals surface area contributed by atoms with Gasteiger partial charge in [-0.05, 0) is 31.5 Å². The molecule has 0 N–H and O–H groups in total. The monoisotopic (exact) mass is 323 g/mol. The minimum Gasteiger partial charge on any atom is -0.369 e. The van der Waals surface area contributed by atoms with Crippen molar-refractivity contribution in [3.8, 4) is 0 Å². The second-order valence-electron chi connectivity index (χ2n) is 5.50. The van der Waals surface area contributed by atoms with Gasteiger partial charge in [-0.1, -0.05) is 6.07 Å². The molecule has 0 radical (unpaired) electrons. The average molecular weight is 324 g/mol. The van der Waals surface area contributed by atoms with Gasteiger partial charge in [-0.15, -0.1) is 11.6 Å². The van der Waals surface area contributed by atoms with Crippen molar-refractivity contribution in [1.29, 1.82) is 0 Å². The Kier molecular flexibility index (Phi) is 4.50. The molecule has 0 saturated carbocycles. The molecule has 1 aromatic rings. The fraction of sp³-hybridized carbons (Fsp3) is 0.571. The first-order chi connectivity index (χ1) is 9.23. The molecule has 1 aliphatic heterocycles. The Labute approximate surface area is 126 Å². The first kappa shape index (κ1) is 15.8. The SMILES string of the molecule is CC1(C)CN(c2ccc(CCl)c(C(F)(F)F)c2)CCS1. The van der Waals surface area contributed by atoms with E-state index in [4.69, 9.17) is 11.6 Å². The van der Waals surface area contributed by atoms with Crippen LogP contribution in [0.4, 0.5) is 18.9 Å². The molecule has 2 rings (SSSR count). The highest BCUT2D eigenvalue weighted by molar-refractivity contribution is 8.00. The zero-order valence-corrected chi connectivity index (χ0v) is 13.0. The zero-order valence-electron chi connectivity index (χ0n) is 11.4. The van der Waals surface area contributed by atoms with Gasteiger partial charge in [0, 0.05) is 35.2 Å². The van der Waals surface area contributed by atoms with E-state index >= 15 is 0 Å². The number of alkyl halides is 4. The molecule has 0 spiro atoms. The summed E-state index contributed by atoms with van der Waals surface area (Å²) in [6, 6.07) is 4.45. The highest BCUT2D eigenvalue weighted by Crippen LogP contribution is 2.37. The van der Waals surface area contributed by atoms with Crippen LogP contribution in [0.25, 0.3) is 0 Å². The van der Waals surface area contributed by atoms with Crippen LogP contribution in [-0.2, 0) is 12.1 Å². The summed E-state index contributed by atoms with van der Waals surface area (Å²) >= 11 is 7.46. The second-order valence-corrected chi connectivity index (χ2v) is 7.57. The minimum atomic E-state index is -4.36. The highest BCUT2D eigenvalue weighted by Gasteiger charge is 2.34. The first-order valence-corrected chi connectivity index (χ1v) is 7.90. The number of hydrogen-bond acceptors (Lipinski definition) is 2. The summed E-state index contributed by atoms with van der Waals surface area (Å²) in [6.07, 6.45) is -4.36. The van der Waals surface area contributed by atoms with E-state index < -0.39 is 11.7 Å². The lowest BCUT2D eigenvalue weighted by molar-refractivity contribution is -0.138. The Hall–Kier alpha value is -0.550. The molecule has 1 aromatic carbocycles. The van der Waals surface area contributed by atoms with Crippen molar-refractivity contribution in [3.63, 3.8) is 0 Å². The highest BCUT2D eigenvalue weighted by atomic mass is 35.5. The van der Waals surface area contributed by atoms with E-state index in [0.29, 0.717) is 5.69 Å². The maximum Gasteiger partial charge on any atom is 0.416 e. The van der Waals surface area contributed by atoms with Gasteiger partial charge in [-0.2, -0.15) is 24.9 Å². The van der Waals surface area contributed by atoms with Gasteiger partial charge in [0.1, 0.15) is 0 Å². The standard InChI is InChI=1S/C14H17ClF3NS/c1-13(2)9-19(5-6-20-13)11-4-3-10(8-15)12(7-11)14(16,17)18/h3-4,7H,5-6,8-9H2,1-2H3. The lowest BCUT2D eigenvalue weighted by Gasteiger charge is -2.39. The molecule has 1 aliphatic rings. The normalized spacial score (nSPS) is 19.2. The Morgan fingerprint density at radius 2 is 2.05 bits per heavy atom. The molecule has 0 atom stereocenters. The van der Waals surface area contributed by atoms with Crippen molar-refractivity contribution in [2.75, 3.05) is 23.7 Å². The fourth-order valence-electron chi connectivity index (χ4n) is 2.38. The lowest BCUT2D eigenvalue weighted by Crippen LogP contribution is -2.43. The third-order valence-corrected chi connectivity index (χ3v) is 4.92. The van der Waals surface area contributed by atoms with Crippen molar-refractivity contribution in [3.05, 3.63) is 29.3 Å². The third kappa shape index (κ3) is 3.55. The van der Waals surface area contributed by atoms with Crippen LogP contribution in [0, 0.1) is 0 Å². The van der Waals surface area contributed by atoms with Crippen LogP contribution in [0.3, 0.4) is 0 Å². The summed E-state index contributed by atoms with van der Waals surface area (Å²) in [7, 11) is 0. The number of nitrogens with zero attached hydrogens (tertiary/aromatic N) is 1. The van der Waals surface area contributed by atoms with Crippen molar-refractivity contribution < 1.29 is 13.2 Å². The van der Waals surface area contributed by atoms with E-state index in [2.05, 4.69) is 13.8 Å². The molecule has 0 amide bonds. The van der Waals surface area contributed by atoms with Gasteiger partial charge in [0.15, 0.2) is 0 Å². The fourth-order valence-corrected chi connectivity index (χ4v) is 3.72. The van der Waals surface area contributed by atoms with Crippen LogP contribution in [0.2, 0.25) is 0 Å². The molecule has 0 aromatic heterocycles. The van der Waals surface area contributed by atoms with Gasteiger partial charge in [0.05, 0.1) is 5.56 Å². The summed E-state index contributed by atoms with van der Waals surface area (Å²) in [4.78, 5) is 2.02. The summed E-state index contributed by atoms with van der Waals surface area (Å²) in [5.41, 5.74) is 0.133. The van der Waals surface area contributed by atoms with Crippen LogP contribution in [-0.4, -0.2) is 23.6 Å². The number of thioether (sulfide) groups is 1. The average Bonchev–Trinajstić information content (AvgIpc) is 2.35. The Balaban J connectivity index is 2.34. The molecule has 0 bridgehead atoms. The summed E-state index contributed by atoms with van der Waals surface area (Å²) in [5.74, 6) is 0.794. The third-order valence-electron chi connectivity index (χ3n) is 3.33. The second kappa shape index (κ2) is 5.68. The van der Waals surface area contributed by atoms with Crippen molar-refractivity contribution in [2.24, 2.45) is 0 Å². The van der Waals surface area contributed by atoms with Crippen molar-refractivity contribution in [2.45, 2.75) is 30.7 Å². The topological polar surface area (TPSA) is 3.24 Å². The first-order valence-electron chi connectivity index (χ1n) is 6.38. The number of hydrogen-bond donors (Lipinski definition) is 0. The molecular formula is C14H17ClF3NS. The van der Waals surface area contributed by atoms with Crippen molar-refractivity contribution in [1.82, 2.24) is 0 Å². The Bertz CT molecular complexity index is 488. The quantitative estimate of drug-likeness (QED) is 0.721. The molecule has 1 nitrogen and oxygen atoms in total. The minimum absolute atomic E-state index is 0.0573. The predicted molar refractivity (Wildman–Crippen MR) is 79.8 cm³/mol. The number of halogens is 4. The Morgan fingerprint density at radius 1 is 1.35 bits per heavy atom. The molecule has 0 unspecified atom stereocenters. The van der Waals surface area contributed by atoms with E-state index in [0.717, 1.165) is 18.8 Å². The van der Waals surface area contributed by atoms with Crippen LogP contribution >= 0.6 is 23.4 Å². The van der Waals surface area contributed by atoms with Gasteiger partial charge < -0.3 is 4.90 Å². The Morgan fingerprint density at radius 3 is 2.60 bits per heavy atom. The maximum absolute atomic E-state index is 13.1. The van der Waals surface area contributed by atoms with Crippen LogP contribution in [0.5, 0.6) is 0 Å². The van der Waals surface area contributed by atoms with Gasteiger partial charge in [-0.3, -0.25) is 0 Å². The van der Waals surface area contributed by atoms with Gasteiger partial charge in [0.2, 0.25) is 0 Å². The van der Waals surface area contributed by atoms with E-state index in [-0.39, 0.29) is 16.2 Å². The van der Waals surface area contributed by atoms with Gasteiger partial charge in [0.25, 0.3) is 0 Å². The molecule has 20 heavy (non-hydrogen) atoms. The predicted octanol–water partition coefficient (Wildman–Crippen LogP) is 4.78. The van der Waals surface area contributed by atoms with Crippen LogP contribution < -0.4 is 4.90 Å². The van der Waals surface area contributed by atoms with Crippen molar-refractivity contribution >= 4 is 29.1 Å². The molecule has 1 heterocycles. The number of benzene rings is 1. The van der Waals surface area contributed by atoms with Gasteiger partial charge in [-0.25, -0.2) is 0 Å². The van der Waals surface area contributed by atoms with E-state index in [9.17, 15) is 13.2 Å². The molecule has 6 heteroatoms.